The van der Waals surface area contributed by atoms with Crippen molar-refractivity contribution >= 4 is 28.2 Å². The Kier molecular flexibility index (Phi) is 4.24. The van der Waals surface area contributed by atoms with Crippen LogP contribution >= 0.6 is 11.6 Å². The fraction of sp³-hybridized carbons (Fsp3) is 0.211. The predicted molar refractivity (Wildman–Crippen MR) is 98.9 cm³/mol. The second kappa shape index (κ2) is 6.19. The van der Waals surface area contributed by atoms with Gasteiger partial charge in [-0.3, -0.25) is 4.98 Å². The van der Waals surface area contributed by atoms with Gasteiger partial charge < -0.3 is 10.6 Å². The van der Waals surface area contributed by atoms with E-state index in [1.165, 1.54) is 0 Å². The Bertz CT molecular complexity index is 803. The van der Waals surface area contributed by atoms with Crippen LogP contribution in [0.4, 0.5) is 5.69 Å². The minimum atomic E-state index is -0.216. The number of fused-ring (bicyclic) bond motifs is 1. The molecule has 2 N–H and O–H groups in total. The van der Waals surface area contributed by atoms with Crippen molar-refractivity contribution in [3.8, 4) is 0 Å². The smallest absolute Gasteiger partial charge is 0.0877 e. The van der Waals surface area contributed by atoms with Crippen molar-refractivity contribution in [3.63, 3.8) is 0 Å². The standard InChI is InChI=1S/C19H20ClN3/c1-4-17(13(2)14(3)20)19(11-21-12-19)23-16-8-7-15-6-5-9-22-18(15)10-16/h4-10,21,23H,1,3,11-12H2,2H3/b17-13+. The van der Waals surface area contributed by atoms with Crippen molar-refractivity contribution < 1.29 is 0 Å². The highest BCUT2D eigenvalue weighted by molar-refractivity contribution is 6.31. The van der Waals surface area contributed by atoms with E-state index in [0.29, 0.717) is 5.03 Å². The Hall–Kier alpha value is -2.10. The summed E-state index contributed by atoms with van der Waals surface area (Å²) in [6, 6.07) is 10.2. The number of benzene rings is 1. The van der Waals surface area contributed by atoms with E-state index in [0.717, 1.165) is 40.8 Å². The van der Waals surface area contributed by atoms with E-state index in [9.17, 15) is 0 Å². The molecule has 0 spiro atoms. The number of pyridine rings is 1. The van der Waals surface area contributed by atoms with Gasteiger partial charge in [0.1, 0.15) is 0 Å². The monoisotopic (exact) mass is 325 g/mol. The van der Waals surface area contributed by atoms with Crippen molar-refractivity contribution in [2.24, 2.45) is 0 Å². The summed E-state index contributed by atoms with van der Waals surface area (Å²) in [4.78, 5) is 4.42. The van der Waals surface area contributed by atoms with Gasteiger partial charge in [0.25, 0.3) is 0 Å². The van der Waals surface area contributed by atoms with E-state index < -0.39 is 0 Å². The number of allylic oxidation sites excluding steroid dienone is 2. The van der Waals surface area contributed by atoms with Crippen LogP contribution in [0.1, 0.15) is 6.92 Å². The Morgan fingerprint density at radius 2 is 2.17 bits per heavy atom. The second-order valence-electron chi connectivity index (χ2n) is 5.87. The summed E-state index contributed by atoms with van der Waals surface area (Å²) < 4.78 is 0. The van der Waals surface area contributed by atoms with Gasteiger partial charge in [-0.1, -0.05) is 43.0 Å². The molecular weight excluding hydrogens is 306 g/mol. The van der Waals surface area contributed by atoms with Crippen LogP contribution in [0.5, 0.6) is 0 Å². The molecule has 1 aliphatic heterocycles. The lowest BCUT2D eigenvalue weighted by molar-refractivity contribution is 0.364. The van der Waals surface area contributed by atoms with Crippen molar-refractivity contribution in [3.05, 3.63) is 71.9 Å². The van der Waals surface area contributed by atoms with Crippen LogP contribution in [0.25, 0.3) is 10.9 Å². The maximum absolute atomic E-state index is 6.11. The van der Waals surface area contributed by atoms with E-state index in [2.05, 4.69) is 53.0 Å². The summed E-state index contributed by atoms with van der Waals surface area (Å²) in [5.74, 6) is 0. The number of nitrogens with one attached hydrogen (secondary N) is 2. The van der Waals surface area contributed by atoms with Gasteiger partial charge in [0.05, 0.1) is 11.1 Å². The molecule has 0 atom stereocenters. The Labute approximate surface area is 141 Å². The van der Waals surface area contributed by atoms with Crippen molar-refractivity contribution in [2.75, 3.05) is 18.4 Å². The first kappa shape index (κ1) is 15.8. The van der Waals surface area contributed by atoms with Crippen LogP contribution in [0.2, 0.25) is 0 Å². The number of rotatable bonds is 5. The molecule has 0 aliphatic carbocycles. The maximum Gasteiger partial charge on any atom is 0.0877 e. The lowest BCUT2D eigenvalue weighted by Gasteiger charge is -2.46. The summed E-state index contributed by atoms with van der Waals surface area (Å²) in [5, 5.41) is 8.65. The number of nitrogens with zero attached hydrogens (tertiary/aromatic N) is 1. The van der Waals surface area contributed by atoms with Crippen LogP contribution in [0.15, 0.2) is 71.9 Å². The normalized spacial score (nSPS) is 17.1. The highest BCUT2D eigenvalue weighted by Crippen LogP contribution is 2.33. The number of halogens is 1. The molecule has 1 fully saturated rings. The molecular formula is C19H20ClN3. The summed E-state index contributed by atoms with van der Waals surface area (Å²) in [6.07, 6.45) is 3.68. The van der Waals surface area contributed by atoms with Gasteiger partial charge in [0, 0.05) is 35.4 Å². The first-order valence-electron chi connectivity index (χ1n) is 7.58. The number of anilines is 1. The molecule has 1 aromatic carbocycles. The molecule has 3 nitrogen and oxygen atoms in total. The molecule has 1 saturated heterocycles. The zero-order valence-corrected chi connectivity index (χ0v) is 14.0. The highest BCUT2D eigenvalue weighted by Gasteiger charge is 2.40. The average molecular weight is 326 g/mol. The Morgan fingerprint density at radius 1 is 1.39 bits per heavy atom. The molecule has 0 unspecified atom stereocenters. The zero-order chi connectivity index (χ0) is 16.4. The third-order valence-corrected chi connectivity index (χ3v) is 4.66. The molecule has 0 bridgehead atoms. The van der Waals surface area contributed by atoms with E-state index in [4.69, 9.17) is 11.6 Å². The molecule has 2 heterocycles. The van der Waals surface area contributed by atoms with Gasteiger partial charge >= 0.3 is 0 Å². The molecule has 1 aliphatic rings. The van der Waals surface area contributed by atoms with Gasteiger partial charge in [0.15, 0.2) is 0 Å². The van der Waals surface area contributed by atoms with Crippen LogP contribution in [0, 0.1) is 0 Å². The van der Waals surface area contributed by atoms with Gasteiger partial charge in [0.2, 0.25) is 0 Å². The molecule has 0 saturated carbocycles. The largest absolute Gasteiger partial charge is 0.373 e. The molecule has 0 amide bonds. The predicted octanol–water partition coefficient (Wildman–Crippen LogP) is 4.24. The average Bonchev–Trinajstić information content (AvgIpc) is 2.52. The third-order valence-electron chi connectivity index (χ3n) is 4.37. The van der Waals surface area contributed by atoms with Crippen LogP contribution < -0.4 is 10.6 Å². The molecule has 118 valence electrons. The fourth-order valence-corrected chi connectivity index (χ4v) is 3.10. The van der Waals surface area contributed by atoms with Gasteiger partial charge in [-0.05, 0) is 36.3 Å². The lowest BCUT2D eigenvalue weighted by atomic mass is 9.80. The third kappa shape index (κ3) is 2.90. The van der Waals surface area contributed by atoms with Crippen molar-refractivity contribution in [1.29, 1.82) is 0 Å². The molecule has 2 aromatic rings. The Morgan fingerprint density at radius 3 is 2.78 bits per heavy atom. The quantitative estimate of drug-likeness (QED) is 0.807. The zero-order valence-electron chi connectivity index (χ0n) is 13.2. The number of aromatic nitrogens is 1. The molecule has 3 rings (SSSR count). The topological polar surface area (TPSA) is 37.0 Å². The molecule has 1 aromatic heterocycles. The van der Waals surface area contributed by atoms with E-state index in [-0.39, 0.29) is 5.54 Å². The minimum absolute atomic E-state index is 0.216. The first-order chi connectivity index (χ1) is 11.1. The summed E-state index contributed by atoms with van der Waals surface area (Å²) >= 11 is 6.11. The molecule has 4 heteroatoms. The number of hydrogen-bond acceptors (Lipinski definition) is 3. The van der Waals surface area contributed by atoms with Crippen LogP contribution in [-0.2, 0) is 0 Å². The fourth-order valence-electron chi connectivity index (χ4n) is 3.00. The minimum Gasteiger partial charge on any atom is -0.373 e. The first-order valence-corrected chi connectivity index (χ1v) is 7.96. The maximum atomic E-state index is 6.11. The summed E-state index contributed by atoms with van der Waals surface area (Å²) in [6.45, 7) is 11.4. The van der Waals surface area contributed by atoms with E-state index in [1.807, 2.05) is 25.3 Å². The second-order valence-corrected chi connectivity index (χ2v) is 6.33. The van der Waals surface area contributed by atoms with Gasteiger partial charge in [-0.2, -0.15) is 0 Å². The van der Waals surface area contributed by atoms with E-state index in [1.54, 1.807) is 0 Å². The van der Waals surface area contributed by atoms with Gasteiger partial charge in [-0.15, -0.1) is 0 Å². The Balaban J connectivity index is 1.98. The molecule has 23 heavy (non-hydrogen) atoms. The summed E-state index contributed by atoms with van der Waals surface area (Å²) in [5.41, 5.74) is 3.84. The highest BCUT2D eigenvalue weighted by atomic mass is 35.5. The number of hydrogen-bond donors (Lipinski definition) is 2. The van der Waals surface area contributed by atoms with E-state index >= 15 is 0 Å². The van der Waals surface area contributed by atoms with Crippen molar-refractivity contribution in [2.45, 2.75) is 12.5 Å². The summed E-state index contributed by atoms with van der Waals surface area (Å²) in [7, 11) is 0. The van der Waals surface area contributed by atoms with Gasteiger partial charge in [-0.25, -0.2) is 0 Å². The SMILES string of the molecule is C=C/C(=C(/C)C(=C)Cl)C1(Nc2ccc3cccnc3c2)CNC1. The van der Waals surface area contributed by atoms with Crippen LogP contribution in [-0.4, -0.2) is 23.6 Å². The molecule has 0 radical (unpaired) electrons. The van der Waals surface area contributed by atoms with Crippen molar-refractivity contribution in [1.82, 2.24) is 10.3 Å². The van der Waals surface area contributed by atoms with Crippen LogP contribution in [0.3, 0.4) is 0 Å². The lowest BCUT2D eigenvalue weighted by Crippen LogP contribution is -2.65.